The Kier molecular flexibility index (Phi) is 6.44. The molecule has 0 spiro atoms. The van der Waals surface area contributed by atoms with Gasteiger partial charge in [-0.25, -0.2) is 0 Å². The van der Waals surface area contributed by atoms with Gasteiger partial charge >= 0.3 is 0 Å². The summed E-state index contributed by atoms with van der Waals surface area (Å²) in [4.78, 5) is 22.3. The van der Waals surface area contributed by atoms with Crippen LogP contribution in [0.3, 0.4) is 0 Å². The van der Waals surface area contributed by atoms with Crippen LogP contribution in [0.5, 0.6) is 0 Å². The molecule has 0 fully saturated rings. The normalized spacial score (nSPS) is 10.2. The summed E-state index contributed by atoms with van der Waals surface area (Å²) >= 11 is 3.21. The van der Waals surface area contributed by atoms with Gasteiger partial charge in [0.05, 0.1) is 18.1 Å². The van der Waals surface area contributed by atoms with Gasteiger partial charge in [-0.05, 0) is 13.0 Å². The van der Waals surface area contributed by atoms with Gasteiger partial charge in [-0.3, -0.25) is 14.9 Å². The highest BCUT2D eigenvalue weighted by molar-refractivity contribution is 9.09. The number of nitrogens with one attached hydrogen (secondary N) is 1. The second-order valence-electron chi connectivity index (χ2n) is 3.79. The Labute approximate surface area is 119 Å². The minimum atomic E-state index is -0.536. The molecule has 0 radical (unpaired) electrons. The van der Waals surface area contributed by atoms with E-state index in [4.69, 9.17) is 4.74 Å². The molecule has 0 aliphatic heterocycles. The Morgan fingerprint density at radius 3 is 2.84 bits per heavy atom. The van der Waals surface area contributed by atoms with E-state index in [1.807, 2.05) is 0 Å². The summed E-state index contributed by atoms with van der Waals surface area (Å²) < 4.78 is 5.18. The van der Waals surface area contributed by atoms with Gasteiger partial charge in [0.2, 0.25) is 0 Å². The Morgan fingerprint density at radius 1 is 1.47 bits per heavy atom. The number of carbonyl (C=O) groups excluding carboxylic acids is 1. The molecule has 7 heteroatoms. The number of nitro benzene ring substituents is 1. The fourth-order valence-corrected chi connectivity index (χ4v) is 1.80. The van der Waals surface area contributed by atoms with Crippen molar-refractivity contribution >= 4 is 27.5 Å². The van der Waals surface area contributed by atoms with Crippen molar-refractivity contribution in [3.63, 3.8) is 0 Å². The largest absolute Gasteiger partial charge is 0.379 e. The first-order valence-electron chi connectivity index (χ1n) is 5.74. The van der Waals surface area contributed by atoms with Gasteiger partial charge in [-0.1, -0.05) is 28.1 Å². The average molecular weight is 331 g/mol. The number of halogens is 1. The van der Waals surface area contributed by atoms with E-state index in [0.717, 1.165) is 5.33 Å². The van der Waals surface area contributed by atoms with E-state index in [9.17, 15) is 14.9 Å². The van der Waals surface area contributed by atoms with Crippen LogP contribution >= 0.6 is 15.9 Å². The zero-order valence-corrected chi connectivity index (χ0v) is 12.1. The third kappa shape index (κ3) is 4.60. The molecule has 19 heavy (non-hydrogen) atoms. The van der Waals surface area contributed by atoms with Gasteiger partial charge in [0.1, 0.15) is 5.56 Å². The highest BCUT2D eigenvalue weighted by Crippen LogP contribution is 2.22. The zero-order chi connectivity index (χ0) is 14.3. The summed E-state index contributed by atoms with van der Waals surface area (Å²) in [6, 6.07) is 4.67. The first-order chi connectivity index (χ1) is 9.07. The summed E-state index contributed by atoms with van der Waals surface area (Å²) in [5, 5.41) is 14.3. The predicted octanol–water partition coefficient (Wildman–Crippen LogP) is 2.04. The molecule has 0 saturated heterocycles. The molecule has 0 atom stereocenters. The van der Waals surface area contributed by atoms with Crippen molar-refractivity contribution in [3.8, 4) is 0 Å². The molecule has 0 aliphatic rings. The minimum absolute atomic E-state index is 0.0745. The first kappa shape index (κ1) is 15.6. The average Bonchev–Trinajstić information content (AvgIpc) is 2.37. The van der Waals surface area contributed by atoms with Crippen molar-refractivity contribution in [2.75, 3.05) is 25.1 Å². The summed E-state index contributed by atoms with van der Waals surface area (Å²) in [5.74, 6) is -0.460. The Bertz CT molecular complexity index is 465. The van der Waals surface area contributed by atoms with Gasteiger partial charge in [-0.15, -0.1) is 0 Å². The topological polar surface area (TPSA) is 81.5 Å². The van der Waals surface area contributed by atoms with Crippen molar-refractivity contribution in [2.45, 2.75) is 6.92 Å². The van der Waals surface area contributed by atoms with Crippen LogP contribution in [0.4, 0.5) is 5.69 Å². The molecule has 1 aromatic rings. The van der Waals surface area contributed by atoms with Gasteiger partial charge in [0.15, 0.2) is 0 Å². The first-order valence-corrected chi connectivity index (χ1v) is 6.86. The van der Waals surface area contributed by atoms with Crippen LogP contribution < -0.4 is 5.32 Å². The van der Waals surface area contributed by atoms with Crippen LogP contribution in [0.25, 0.3) is 0 Å². The lowest BCUT2D eigenvalue weighted by Gasteiger charge is -2.07. The van der Waals surface area contributed by atoms with Crippen molar-refractivity contribution in [3.05, 3.63) is 39.4 Å². The number of amides is 1. The van der Waals surface area contributed by atoms with Crippen molar-refractivity contribution < 1.29 is 14.5 Å². The zero-order valence-electron chi connectivity index (χ0n) is 10.5. The maximum atomic E-state index is 11.9. The van der Waals surface area contributed by atoms with E-state index >= 15 is 0 Å². The van der Waals surface area contributed by atoms with E-state index in [1.165, 1.54) is 6.07 Å². The Hall–Kier alpha value is -1.47. The molecule has 0 aliphatic carbocycles. The van der Waals surface area contributed by atoms with Crippen molar-refractivity contribution in [2.24, 2.45) is 0 Å². The van der Waals surface area contributed by atoms with Crippen LogP contribution in [0.1, 0.15) is 15.9 Å². The van der Waals surface area contributed by atoms with E-state index in [2.05, 4.69) is 21.2 Å². The third-order valence-electron chi connectivity index (χ3n) is 2.42. The summed E-state index contributed by atoms with van der Waals surface area (Å²) in [5.41, 5.74) is 0.389. The lowest BCUT2D eigenvalue weighted by Crippen LogP contribution is -2.28. The number of hydrogen-bond donors (Lipinski definition) is 1. The molecule has 0 aromatic heterocycles. The molecule has 0 heterocycles. The molecule has 0 saturated carbocycles. The smallest absolute Gasteiger partial charge is 0.285 e. The molecule has 1 N–H and O–H groups in total. The van der Waals surface area contributed by atoms with E-state index in [1.54, 1.807) is 19.1 Å². The number of benzene rings is 1. The van der Waals surface area contributed by atoms with E-state index in [0.29, 0.717) is 25.3 Å². The summed E-state index contributed by atoms with van der Waals surface area (Å²) in [6.45, 7) is 2.85. The van der Waals surface area contributed by atoms with Crippen LogP contribution in [-0.4, -0.2) is 35.9 Å². The standard InChI is InChI=1S/C12H15BrN2O4/c1-9-3-2-4-10(11(9)15(17)18)12(16)14-6-8-19-7-5-13/h2-4H,5-8H2,1H3,(H,14,16). The number of aryl methyl sites for hydroxylation is 1. The lowest BCUT2D eigenvalue weighted by molar-refractivity contribution is -0.385. The van der Waals surface area contributed by atoms with Crippen molar-refractivity contribution in [1.29, 1.82) is 0 Å². The third-order valence-corrected chi connectivity index (χ3v) is 2.74. The molecular formula is C12H15BrN2O4. The van der Waals surface area contributed by atoms with E-state index < -0.39 is 10.8 Å². The number of ether oxygens (including phenoxy) is 1. The number of para-hydroxylation sites is 1. The van der Waals surface area contributed by atoms with Gasteiger partial charge < -0.3 is 10.1 Å². The number of rotatable bonds is 7. The Balaban J connectivity index is 2.67. The monoisotopic (exact) mass is 330 g/mol. The number of alkyl halides is 1. The highest BCUT2D eigenvalue weighted by Gasteiger charge is 2.21. The number of hydrogen-bond acceptors (Lipinski definition) is 4. The van der Waals surface area contributed by atoms with Crippen LogP contribution in [-0.2, 0) is 4.74 Å². The molecule has 1 rings (SSSR count). The molecule has 1 aromatic carbocycles. The van der Waals surface area contributed by atoms with Gasteiger partial charge in [-0.2, -0.15) is 0 Å². The maximum absolute atomic E-state index is 11.9. The lowest BCUT2D eigenvalue weighted by atomic mass is 10.1. The quantitative estimate of drug-likeness (QED) is 0.359. The molecule has 104 valence electrons. The van der Waals surface area contributed by atoms with Crippen molar-refractivity contribution in [1.82, 2.24) is 5.32 Å². The second kappa shape index (κ2) is 7.85. The van der Waals surface area contributed by atoms with Gasteiger partial charge in [0, 0.05) is 17.4 Å². The van der Waals surface area contributed by atoms with Crippen LogP contribution in [0, 0.1) is 17.0 Å². The highest BCUT2D eigenvalue weighted by atomic mass is 79.9. The fourth-order valence-electron chi connectivity index (χ4n) is 1.57. The van der Waals surface area contributed by atoms with Crippen LogP contribution in [0.2, 0.25) is 0 Å². The summed E-state index contributed by atoms with van der Waals surface area (Å²) in [6.07, 6.45) is 0. The van der Waals surface area contributed by atoms with E-state index in [-0.39, 0.29) is 11.3 Å². The minimum Gasteiger partial charge on any atom is -0.379 e. The van der Waals surface area contributed by atoms with Crippen LogP contribution in [0.15, 0.2) is 18.2 Å². The number of nitrogens with zero attached hydrogens (tertiary/aromatic N) is 1. The molecule has 0 bridgehead atoms. The Morgan fingerprint density at radius 2 is 2.21 bits per heavy atom. The summed E-state index contributed by atoms with van der Waals surface area (Å²) in [7, 11) is 0. The fraction of sp³-hybridized carbons (Fsp3) is 0.417. The number of carbonyl (C=O) groups is 1. The number of nitro groups is 1. The predicted molar refractivity (Wildman–Crippen MR) is 74.8 cm³/mol. The molecule has 1 amide bonds. The second-order valence-corrected chi connectivity index (χ2v) is 4.58. The molecule has 0 unspecified atom stereocenters. The molecule has 6 nitrogen and oxygen atoms in total. The SMILES string of the molecule is Cc1cccc(C(=O)NCCOCCBr)c1[N+](=O)[O-]. The molecular weight excluding hydrogens is 316 g/mol. The van der Waals surface area contributed by atoms with Gasteiger partial charge in [0.25, 0.3) is 11.6 Å². The maximum Gasteiger partial charge on any atom is 0.285 e.